The van der Waals surface area contributed by atoms with Gasteiger partial charge in [0.15, 0.2) is 0 Å². The normalized spacial score (nSPS) is 21.1. The number of hydrogen-bond acceptors (Lipinski definition) is 3. The number of aromatic carboxylic acids is 1. The molecule has 1 aromatic rings. The van der Waals surface area contributed by atoms with Crippen LogP contribution in [0, 0.1) is 11.8 Å². The van der Waals surface area contributed by atoms with E-state index < -0.39 is 29.7 Å². The maximum atomic E-state index is 11.7. The Balaban J connectivity index is 2.09. The number of carboxylic acids is 2. The Labute approximate surface area is 102 Å². The van der Waals surface area contributed by atoms with Gasteiger partial charge in [0.1, 0.15) is 0 Å². The molecule has 1 aliphatic rings. The Kier molecular flexibility index (Phi) is 3.01. The van der Waals surface area contributed by atoms with Crippen molar-refractivity contribution in [1.82, 2.24) is 0 Å². The molecule has 3 N–H and O–H groups in total. The van der Waals surface area contributed by atoms with Gasteiger partial charge in [0, 0.05) is 0 Å². The zero-order valence-electron chi connectivity index (χ0n) is 9.29. The topological polar surface area (TPSA) is 104 Å². The van der Waals surface area contributed by atoms with Crippen LogP contribution < -0.4 is 5.32 Å². The highest BCUT2D eigenvalue weighted by molar-refractivity contribution is 6.03. The molecule has 0 radical (unpaired) electrons. The van der Waals surface area contributed by atoms with Crippen molar-refractivity contribution in [3.05, 3.63) is 29.8 Å². The fourth-order valence-corrected chi connectivity index (χ4v) is 1.76. The van der Waals surface area contributed by atoms with Gasteiger partial charge in [-0.1, -0.05) is 12.1 Å². The molecule has 6 heteroatoms. The third-order valence-corrected chi connectivity index (χ3v) is 2.86. The molecule has 0 aliphatic heterocycles. The Hall–Kier alpha value is -2.37. The van der Waals surface area contributed by atoms with Gasteiger partial charge in [0.2, 0.25) is 5.91 Å². The van der Waals surface area contributed by atoms with E-state index in [1.54, 1.807) is 12.1 Å². The first kappa shape index (κ1) is 12.1. The second-order valence-corrected chi connectivity index (χ2v) is 4.13. The Bertz CT molecular complexity index is 525. The highest BCUT2D eigenvalue weighted by Crippen LogP contribution is 2.39. The molecule has 2 atom stereocenters. The van der Waals surface area contributed by atoms with Gasteiger partial charge in [-0.2, -0.15) is 0 Å². The summed E-state index contributed by atoms with van der Waals surface area (Å²) in [6.07, 6.45) is 0.302. The minimum absolute atomic E-state index is 0.0154. The van der Waals surface area contributed by atoms with E-state index in [1.807, 2.05) is 0 Å². The first-order chi connectivity index (χ1) is 8.50. The second kappa shape index (κ2) is 4.48. The quantitative estimate of drug-likeness (QED) is 0.739. The summed E-state index contributed by atoms with van der Waals surface area (Å²) in [5, 5.41) is 20.1. The molecule has 0 heterocycles. The van der Waals surface area contributed by atoms with Gasteiger partial charge in [0.25, 0.3) is 0 Å². The minimum Gasteiger partial charge on any atom is -0.481 e. The Morgan fingerprint density at radius 3 is 2.33 bits per heavy atom. The van der Waals surface area contributed by atoms with Crippen LogP contribution in [0.15, 0.2) is 24.3 Å². The molecular weight excluding hydrogens is 238 g/mol. The van der Waals surface area contributed by atoms with Crippen LogP contribution in [0.5, 0.6) is 0 Å². The van der Waals surface area contributed by atoms with E-state index in [1.165, 1.54) is 12.1 Å². The van der Waals surface area contributed by atoms with Gasteiger partial charge in [-0.25, -0.2) is 4.79 Å². The highest BCUT2D eigenvalue weighted by atomic mass is 16.4. The van der Waals surface area contributed by atoms with Crippen molar-refractivity contribution in [1.29, 1.82) is 0 Å². The number of nitrogens with one attached hydrogen (secondary N) is 1. The van der Waals surface area contributed by atoms with Crippen molar-refractivity contribution < 1.29 is 24.6 Å². The molecule has 94 valence electrons. The van der Waals surface area contributed by atoms with Gasteiger partial charge in [-0.3, -0.25) is 9.59 Å². The monoisotopic (exact) mass is 249 g/mol. The van der Waals surface area contributed by atoms with Crippen molar-refractivity contribution in [2.24, 2.45) is 11.8 Å². The first-order valence-electron chi connectivity index (χ1n) is 5.36. The smallest absolute Gasteiger partial charge is 0.337 e. The van der Waals surface area contributed by atoms with Crippen molar-refractivity contribution in [2.75, 3.05) is 5.32 Å². The van der Waals surface area contributed by atoms with E-state index in [0.29, 0.717) is 6.42 Å². The van der Waals surface area contributed by atoms with Crippen LogP contribution in [-0.2, 0) is 9.59 Å². The van der Waals surface area contributed by atoms with Crippen molar-refractivity contribution in [3.8, 4) is 0 Å². The number of para-hydroxylation sites is 1. The summed E-state index contributed by atoms with van der Waals surface area (Å²) in [4.78, 5) is 33.2. The van der Waals surface area contributed by atoms with Gasteiger partial charge in [0.05, 0.1) is 23.1 Å². The summed E-state index contributed by atoms with van der Waals surface area (Å²) in [5.74, 6) is -3.81. The van der Waals surface area contributed by atoms with Crippen molar-refractivity contribution >= 4 is 23.5 Å². The van der Waals surface area contributed by atoms with Crippen molar-refractivity contribution in [2.45, 2.75) is 6.42 Å². The number of rotatable bonds is 4. The molecule has 0 bridgehead atoms. The fraction of sp³-hybridized carbons (Fsp3) is 0.250. The lowest BCUT2D eigenvalue weighted by Crippen LogP contribution is -2.18. The van der Waals surface area contributed by atoms with E-state index in [2.05, 4.69) is 5.32 Å². The summed E-state index contributed by atoms with van der Waals surface area (Å²) < 4.78 is 0. The lowest BCUT2D eigenvalue weighted by Gasteiger charge is -2.07. The van der Waals surface area contributed by atoms with E-state index in [0.717, 1.165) is 0 Å². The van der Waals surface area contributed by atoms with E-state index in [-0.39, 0.29) is 11.3 Å². The van der Waals surface area contributed by atoms with Crippen molar-refractivity contribution in [3.63, 3.8) is 0 Å². The minimum atomic E-state index is -1.14. The van der Waals surface area contributed by atoms with E-state index in [9.17, 15) is 14.4 Å². The molecule has 0 spiro atoms. The summed E-state index contributed by atoms with van der Waals surface area (Å²) in [5.41, 5.74) is 0.171. The maximum absolute atomic E-state index is 11.7. The zero-order chi connectivity index (χ0) is 13.3. The maximum Gasteiger partial charge on any atom is 0.337 e. The molecule has 0 saturated heterocycles. The third kappa shape index (κ3) is 2.32. The SMILES string of the molecule is O=C(O)c1ccccc1NC(=O)[C@H]1C[C@@H]1C(=O)O. The molecule has 2 rings (SSSR count). The number of carbonyl (C=O) groups excluding carboxylic acids is 1. The Morgan fingerprint density at radius 2 is 1.78 bits per heavy atom. The summed E-state index contributed by atoms with van der Waals surface area (Å²) >= 11 is 0. The molecule has 0 unspecified atom stereocenters. The lowest BCUT2D eigenvalue weighted by atomic mass is 10.1. The number of anilines is 1. The first-order valence-corrected chi connectivity index (χ1v) is 5.36. The number of amides is 1. The predicted octanol–water partition coefficient (Wildman–Crippen LogP) is 1.04. The molecule has 0 aromatic heterocycles. The largest absolute Gasteiger partial charge is 0.481 e. The van der Waals surface area contributed by atoms with Gasteiger partial charge in [-0.05, 0) is 18.6 Å². The molecule has 18 heavy (non-hydrogen) atoms. The molecule has 1 amide bonds. The molecular formula is C12H11NO5. The van der Waals surface area contributed by atoms with Gasteiger partial charge < -0.3 is 15.5 Å². The zero-order valence-corrected chi connectivity index (χ0v) is 9.29. The van der Waals surface area contributed by atoms with Crippen LogP contribution in [0.3, 0.4) is 0 Å². The average Bonchev–Trinajstić information content (AvgIpc) is 3.09. The van der Waals surface area contributed by atoms with E-state index >= 15 is 0 Å². The van der Waals surface area contributed by atoms with Crippen LogP contribution in [0.2, 0.25) is 0 Å². The standard InChI is InChI=1S/C12H11NO5/c14-10(7-5-8(7)12(17)18)13-9-4-2-1-3-6(9)11(15)16/h1-4,7-8H,5H2,(H,13,14)(H,15,16)(H,17,18)/t7-,8-/m0/s1. The third-order valence-electron chi connectivity index (χ3n) is 2.86. The molecule has 1 saturated carbocycles. The van der Waals surface area contributed by atoms with E-state index in [4.69, 9.17) is 10.2 Å². The molecule has 1 aromatic carbocycles. The Morgan fingerprint density at radius 1 is 1.11 bits per heavy atom. The van der Waals surface area contributed by atoms with Crippen LogP contribution in [0.1, 0.15) is 16.8 Å². The average molecular weight is 249 g/mol. The number of benzene rings is 1. The summed E-state index contributed by atoms with van der Waals surface area (Å²) in [6.45, 7) is 0. The summed E-state index contributed by atoms with van der Waals surface area (Å²) in [6, 6.07) is 6.00. The van der Waals surface area contributed by atoms with Gasteiger partial charge >= 0.3 is 11.9 Å². The molecule has 6 nitrogen and oxygen atoms in total. The molecule has 1 fully saturated rings. The highest BCUT2D eigenvalue weighted by Gasteiger charge is 2.48. The van der Waals surface area contributed by atoms with Crippen LogP contribution >= 0.6 is 0 Å². The second-order valence-electron chi connectivity index (χ2n) is 4.13. The van der Waals surface area contributed by atoms with Crippen LogP contribution in [-0.4, -0.2) is 28.1 Å². The van der Waals surface area contributed by atoms with Crippen LogP contribution in [0.25, 0.3) is 0 Å². The molecule has 1 aliphatic carbocycles. The fourth-order valence-electron chi connectivity index (χ4n) is 1.76. The summed E-state index contributed by atoms with van der Waals surface area (Å²) in [7, 11) is 0. The number of aliphatic carboxylic acids is 1. The van der Waals surface area contributed by atoms with Crippen LogP contribution in [0.4, 0.5) is 5.69 Å². The number of carboxylic acid groups (broad SMARTS) is 2. The van der Waals surface area contributed by atoms with Gasteiger partial charge in [-0.15, -0.1) is 0 Å². The number of carbonyl (C=O) groups is 3. The lowest BCUT2D eigenvalue weighted by molar-refractivity contribution is -0.139. The number of hydrogen-bond donors (Lipinski definition) is 3. The predicted molar refractivity (Wildman–Crippen MR) is 61.3 cm³/mol.